The molecule has 8 heteroatoms. The number of benzene rings is 1. The van der Waals surface area contributed by atoms with Crippen molar-refractivity contribution in [3.63, 3.8) is 0 Å². The van der Waals surface area contributed by atoms with E-state index in [1.54, 1.807) is 19.1 Å². The molecule has 22 heavy (non-hydrogen) atoms. The number of aromatic nitrogens is 3. The average molecular weight is 369 g/mol. The van der Waals surface area contributed by atoms with Gasteiger partial charge in [-0.3, -0.25) is 14.7 Å². The van der Waals surface area contributed by atoms with E-state index in [-0.39, 0.29) is 17.9 Å². The van der Waals surface area contributed by atoms with E-state index in [4.69, 9.17) is 0 Å². The molecule has 1 heterocycles. The Morgan fingerprint density at radius 2 is 2.00 bits per heavy atom. The van der Waals surface area contributed by atoms with Gasteiger partial charge in [0, 0.05) is 6.07 Å². The molecule has 2 aromatic rings. The number of rotatable bonds is 3. The Hall–Kier alpha value is -1.96. The summed E-state index contributed by atoms with van der Waals surface area (Å²) in [5.74, 6) is 0.575. The highest BCUT2D eigenvalue weighted by atomic mass is 79.9. The third kappa shape index (κ3) is 3.11. The Balaban J connectivity index is 2.45. The summed E-state index contributed by atoms with van der Waals surface area (Å²) in [7, 11) is 0. The average Bonchev–Trinajstić information content (AvgIpc) is 2.68. The lowest BCUT2D eigenvalue weighted by Gasteiger charge is -2.16. The Morgan fingerprint density at radius 1 is 1.36 bits per heavy atom. The maximum atomic E-state index is 12.4. The predicted octanol–water partition coefficient (Wildman–Crippen LogP) is 2.83. The molecule has 0 atom stereocenters. The van der Waals surface area contributed by atoms with Gasteiger partial charge in [0.05, 0.1) is 21.5 Å². The first-order chi connectivity index (χ1) is 10.1. The molecular formula is C14H17BrN4O3. The summed E-state index contributed by atoms with van der Waals surface area (Å²) >= 11 is 3.15. The molecule has 0 saturated carbocycles. The van der Waals surface area contributed by atoms with Gasteiger partial charge in [0.1, 0.15) is 5.82 Å². The Labute approximate surface area is 135 Å². The number of hydrogen-bond acceptors (Lipinski definition) is 4. The van der Waals surface area contributed by atoms with Crippen LogP contribution in [-0.2, 0) is 12.1 Å². The highest BCUT2D eigenvalue weighted by molar-refractivity contribution is 9.10. The Kier molecular flexibility index (Phi) is 4.23. The highest BCUT2D eigenvalue weighted by Crippen LogP contribution is 2.26. The molecule has 0 fully saturated rings. The van der Waals surface area contributed by atoms with Gasteiger partial charge in [-0.25, -0.2) is 9.48 Å². The monoisotopic (exact) mass is 368 g/mol. The second-order valence-electron chi connectivity index (χ2n) is 6.04. The van der Waals surface area contributed by atoms with Crippen LogP contribution in [0.5, 0.6) is 0 Å². The second-order valence-corrected chi connectivity index (χ2v) is 6.90. The van der Waals surface area contributed by atoms with Gasteiger partial charge in [0.15, 0.2) is 0 Å². The van der Waals surface area contributed by atoms with Gasteiger partial charge in [0.2, 0.25) is 0 Å². The number of nitro benzene ring substituents is 1. The molecule has 0 bridgehead atoms. The summed E-state index contributed by atoms with van der Waals surface area (Å²) in [6.07, 6.45) is 0. The zero-order chi connectivity index (χ0) is 16.7. The van der Waals surface area contributed by atoms with E-state index in [0.29, 0.717) is 15.9 Å². The third-order valence-corrected chi connectivity index (χ3v) is 3.90. The van der Waals surface area contributed by atoms with Crippen molar-refractivity contribution in [2.45, 2.75) is 39.8 Å². The summed E-state index contributed by atoms with van der Waals surface area (Å²) in [5, 5.41) is 15.3. The minimum Gasteiger partial charge on any atom is -0.275 e. The molecule has 0 aliphatic rings. The van der Waals surface area contributed by atoms with E-state index >= 15 is 0 Å². The molecule has 0 radical (unpaired) electrons. The minimum atomic E-state index is -0.457. The lowest BCUT2D eigenvalue weighted by atomic mass is 10.1. The molecule has 1 aromatic carbocycles. The van der Waals surface area contributed by atoms with Crippen molar-refractivity contribution in [3.8, 4) is 0 Å². The maximum absolute atomic E-state index is 12.4. The first-order valence-electron chi connectivity index (χ1n) is 6.71. The van der Waals surface area contributed by atoms with Crippen molar-refractivity contribution < 1.29 is 4.92 Å². The highest BCUT2D eigenvalue weighted by Gasteiger charge is 2.21. The number of hydrogen-bond donors (Lipinski definition) is 0. The molecule has 118 valence electrons. The standard InChI is InChI=1S/C14H17BrN4O3/c1-9-16-18(14(2,3)4)13(20)17(9)8-10-5-6-11(15)12(7-10)19(21)22/h5-7H,8H2,1-4H3. The van der Waals surface area contributed by atoms with Gasteiger partial charge in [0.25, 0.3) is 5.69 Å². The van der Waals surface area contributed by atoms with Crippen molar-refractivity contribution in [1.29, 1.82) is 0 Å². The summed E-state index contributed by atoms with van der Waals surface area (Å²) in [6.45, 7) is 7.69. The second kappa shape index (κ2) is 5.68. The molecule has 1 aromatic heterocycles. The van der Waals surface area contributed by atoms with Crippen LogP contribution in [0.1, 0.15) is 32.2 Å². The SMILES string of the molecule is Cc1nn(C(C)(C)C)c(=O)n1Cc1ccc(Br)c([N+](=O)[O-])c1. The third-order valence-electron chi connectivity index (χ3n) is 3.23. The zero-order valence-electron chi connectivity index (χ0n) is 12.8. The van der Waals surface area contributed by atoms with Crippen LogP contribution in [0.25, 0.3) is 0 Å². The Morgan fingerprint density at radius 3 is 2.50 bits per heavy atom. The molecule has 2 rings (SSSR count). The molecule has 0 amide bonds. The number of aryl methyl sites for hydroxylation is 1. The van der Waals surface area contributed by atoms with Gasteiger partial charge in [-0.1, -0.05) is 6.07 Å². The lowest BCUT2D eigenvalue weighted by molar-refractivity contribution is -0.385. The van der Waals surface area contributed by atoms with Crippen LogP contribution >= 0.6 is 15.9 Å². The molecule has 7 nitrogen and oxygen atoms in total. The van der Waals surface area contributed by atoms with Gasteiger partial charge in [-0.15, -0.1) is 0 Å². The normalized spacial score (nSPS) is 11.7. The molecule has 0 saturated heterocycles. The molecule has 0 N–H and O–H groups in total. The number of nitrogens with zero attached hydrogens (tertiary/aromatic N) is 4. The van der Waals surface area contributed by atoms with E-state index < -0.39 is 10.5 Å². The predicted molar refractivity (Wildman–Crippen MR) is 86.1 cm³/mol. The molecule has 0 aliphatic carbocycles. The van der Waals surface area contributed by atoms with Gasteiger partial charge < -0.3 is 0 Å². The minimum absolute atomic E-state index is 0.0218. The van der Waals surface area contributed by atoms with E-state index in [9.17, 15) is 14.9 Å². The van der Waals surface area contributed by atoms with Crippen LogP contribution < -0.4 is 5.69 Å². The van der Waals surface area contributed by atoms with Crippen LogP contribution in [-0.4, -0.2) is 19.3 Å². The van der Waals surface area contributed by atoms with Gasteiger partial charge >= 0.3 is 5.69 Å². The molecule has 0 spiro atoms. The lowest BCUT2D eigenvalue weighted by Crippen LogP contribution is -2.35. The number of nitro groups is 1. The largest absolute Gasteiger partial charge is 0.346 e. The topological polar surface area (TPSA) is 83.0 Å². The van der Waals surface area contributed by atoms with Crippen LogP contribution in [0.15, 0.2) is 27.5 Å². The molecule has 0 aliphatic heterocycles. The fraction of sp³-hybridized carbons (Fsp3) is 0.429. The fourth-order valence-corrected chi connectivity index (χ4v) is 2.48. The maximum Gasteiger partial charge on any atom is 0.346 e. The van der Waals surface area contributed by atoms with E-state index in [2.05, 4.69) is 21.0 Å². The van der Waals surface area contributed by atoms with Crippen molar-refractivity contribution in [2.24, 2.45) is 0 Å². The van der Waals surface area contributed by atoms with E-state index in [1.165, 1.54) is 15.3 Å². The van der Waals surface area contributed by atoms with E-state index in [0.717, 1.165) is 0 Å². The fourth-order valence-electron chi connectivity index (χ4n) is 2.09. The van der Waals surface area contributed by atoms with Crippen molar-refractivity contribution in [2.75, 3.05) is 0 Å². The quantitative estimate of drug-likeness (QED) is 0.615. The zero-order valence-corrected chi connectivity index (χ0v) is 14.4. The number of halogens is 1. The molecular weight excluding hydrogens is 352 g/mol. The van der Waals surface area contributed by atoms with Crippen LogP contribution in [0, 0.1) is 17.0 Å². The smallest absolute Gasteiger partial charge is 0.275 e. The van der Waals surface area contributed by atoms with Gasteiger partial charge in [-0.05, 0) is 55.3 Å². The summed E-state index contributed by atoms with van der Waals surface area (Å²) in [6, 6.07) is 4.82. The van der Waals surface area contributed by atoms with Crippen molar-refractivity contribution >= 4 is 21.6 Å². The summed E-state index contributed by atoms with van der Waals surface area (Å²) in [4.78, 5) is 23.0. The van der Waals surface area contributed by atoms with Crippen LogP contribution in [0.2, 0.25) is 0 Å². The van der Waals surface area contributed by atoms with Crippen LogP contribution in [0.3, 0.4) is 0 Å². The van der Waals surface area contributed by atoms with Gasteiger partial charge in [-0.2, -0.15) is 5.10 Å². The summed E-state index contributed by atoms with van der Waals surface area (Å²) < 4.78 is 3.35. The van der Waals surface area contributed by atoms with Crippen LogP contribution in [0.4, 0.5) is 5.69 Å². The van der Waals surface area contributed by atoms with Crippen molar-refractivity contribution in [1.82, 2.24) is 14.3 Å². The first-order valence-corrected chi connectivity index (χ1v) is 7.50. The van der Waals surface area contributed by atoms with Crippen molar-refractivity contribution in [3.05, 3.63) is 54.7 Å². The molecule has 0 unspecified atom stereocenters. The Bertz CT molecular complexity index is 786. The first kappa shape index (κ1) is 16.4. The van der Waals surface area contributed by atoms with E-state index in [1.807, 2.05) is 20.8 Å². The summed E-state index contributed by atoms with van der Waals surface area (Å²) in [5.41, 5.74) is 0.00858.